The van der Waals surface area contributed by atoms with E-state index in [1.807, 2.05) is 18.4 Å². The minimum Gasteiger partial charge on any atom is -0.406 e. The zero-order chi connectivity index (χ0) is 15.5. The van der Waals surface area contributed by atoms with E-state index >= 15 is 0 Å². The average Bonchev–Trinajstić information content (AvgIpc) is 2.45. The lowest BCUT2D eigenvalue weighted by Gasteiger charge is -2.14. The van der Waals surface area contributed by atoms with Crippen molar-refractivity contribution in [3.8, 4) is 5.75 Å². The molecule has 0 aliphatic carbocycles. The summed E-state index contributed by atoms with van der Waals surface area (Å²) in [5.41, 5.74) is 0.950. The van der Waals surface area contributed by atoms with Crippen molar-refractivity contribution in [3.63, 3.8) is 0 Å². The zero-order valence-electron chi connectivity index (χ0n) is 11.1. The van der Waals surface area contributed by atoms with Crippen LogP contribution in [0, 0.1) is 0 Å². The molecule has 0 radical (unpaired) electrons. The number of rotatable bonds is 4. The van der Waals surface area contributed by atoms with Gasteiger partial charge < -0.3 is 9.84 Å². The van der Waals surface area contributed by atoms with Crippen LogP contribution in [-0.2, 0) is 0 Å². The summed E-state index contributed by atoms with van der Waals surface area (Å²) in [7, 11) is 0. The third kappa shape index (κ3) is 4.41. The number of benzene rings is 2. The smallest absolute Gasteiger partial charge is 0.406 e. The molecule has 0 amide bonds. The molecule has 0 aliphatic heterocycles. The summed E-state index contributed by atoms with van der Waals surface area (Å²) in [6.07, 6.45) is -3.81. The highest BCUT2D eigenvalue weighted by atomic mass is 32.2. The van der Waals surface area contributed by atoms with Crippen molar-refractivity contribution < 1.29 is 23.0 Å². The van der Waals surface area contributed by atoms with Crippen LogP contribution in [-0.4, -0.2) is 17.7 Å². The van der Waals surface area contributed by atoms with Gasteiger partial charge in [0, 0.05) is 4.90 Å². The van der Waals surface area contributed by atoms with E-state index in [9.17, 15) is 18.3 Å². The highest BCUT2D eigenvalue weighted by molar-refractivity contribution is 7.98. The molecule has 0 heterocycles. The molecule has 6 heteroatoms. The summed E-state index contributed by atoms with van der Waals surface area (Å²) < 4.78 is 40.4. The maximum Gasteiger partial charge on any atom is 0.573 e. The third-order valence-electron chi connectivity index (χ3n) is 2.84. The second-order valence-corrected chi connectivity index (χ2v) is 5.18. The molecule has 1 unspecified atom stereocenters. The highest BCUT2D eigenvalue weighted by Crippen LogP contribution is 2.29. The molecule has 21 heavy (non-hydrogen) atoms. The molecule has 1 N–H and O–H groups in total. The van der Waals surface area contributed by atoms with E-state index in [-0.39, 0.29) is 5.75 Å². The van der Waals surface area contributed by atoms with Gasteiger partial charge in [-0.1, -0.05) is 24.3 Å². The van der Waals surface area contributed by atoms with Crippen molar-refractivity contribution in [2.24, 2.45) is 0 Å². The molecule has 0 aliphatic rings. The number of aliphatic hydroxyl groups excluding tert-OH is 1. The lowest BCUT2D eigenvalue weighted by molar-refractivity contribution is -0.274. The molecule has 2 nitrogen and oxygen atoms in total. The van der Waals surface area contributed by atoms with Crippen molar-refractivity contribution >= 4 is 11.8 Å². The average molecular weight is 314 g/mol. The van der Waals surface area contributed by atoms with E-state index in [4.69, 9.17) is 0 Å². The van der Waals surface area contributed by atoms with Crippen LogP contribution in [0.4, 0.5) is 13.2 Å². The van der Waals surface area contributed by atoms with Crippen molar-refractivity contribution in [3.05, 3.63) is 59.7 Å². The Kier molecular flexibility index (Phi) is 4.80. The van der Waals surface area contributed by atoms with Gasteiger partial charge in [-0.25, -0.2) is 0 Å². The Balaban J connectivity index is 2.22. The quantitative estimate of drug-likeness (QED) is 0.849. The predicted molar refractivity (Wildman–Crippen MR) is 75.4 cm³/mol. The Bertz CT molecular complexity index is 597. The van der Waals surface area contributed by atoms with E-state index in [1.54, 1.807) is 30.0 Å². The van der Waals surface area contributed by atoms with Crippen molar-refractivity contribution in [2.45, 2.75) is 17.4 Å². The van der Waals surface area contributed by atoms with Crippen LogP contribution in [0.1, 0.15) is 17.2 Å². The summed E-state index contributed by atoms with van der Waals surface area (Å²) in [5.74, 6) is -0.347. The molecule has 2 rings (SSSR count). The minimum atomic E-state index is -4.75. The molecule has 0 spiro atoms. The van der Waals surface area contributed by atoms with Gasteiger partial charge in [0.2, 0.25) is 0 Å². The van der Waals surface area contributed by atoms with E-state index in [2.05, 4.69) is 4.74 Å². The molecule has 0 bridgehead atoms. The third-order valence-corrected chi connectivity index (χ3v) is 3.58. The van der Waals surface area contributed by atoms with Crippen molar-refractivity contribution in [1.82, 2.24) is 0 Å². The fraction of sp³-hybridized carbons (Fsp3) is 0.200. The van der Waals surface area contributed by atoms with Crippen molar-refractivity contribution in [2.75, 3.05) is 6.26 Å². The molecule has 0 fully saturated rings. The number of alkyl halides is 3. The number of hydrogen-bond acceptors (Lipinski definition) is 3. The van der Waals surface area contributed by atoms with Crippen LogP contribution in [0.25, 0.3) is 0 Å². The van der Waals surface area contributed by atoms with Crippen LogP contribution >= 0.6 is 11.8 Å². The second kappa shape index (κ2) is 6.41. The molecule has 0 aromatic heterocycles. The van der Waals surface area contributed by atoms with Gasteiger partial charge in [-0.3, -0.25) is 0 Å². The van der Waals surface area contributed by atoms with Crippen LogP contribution in [0.5, 0.6) is 5.75 Å². The molecule has 0 saturated carbocycles. The SMILES string of the molecule is CSc1ccc(C(O)c2cccc(OC(F)(F)F)c2)cc1. The van der Waals surface area contributed by atoms with Crippen LogP contribution in [0.2, 0.25) is 0 Å². The highest BCUT2D eigenvalue weighted by Gasteiger charge is 2.31. The summed E-state index contributed by atoms with van der Waals surface area (Å²) in [6.45, 7) is 0. The number of hydrogen-bond donors (Lipinski definition) is 1. The number of thioether (sulfide) groups is 1. The minimum absolute atomic E-state index is 0.341. The topological polar surface area (TPSA) is 29.5 Å². The molecule has 1 atom stereocenters. The van der Waals surface area contributed by atoms with Gasteiger partial charge in [0.15, 0.2) is 0 Å². The van der Waals surface area contributed by atoms with Gasteiger partial charge >= 0.3 is 6.36 Å². The Labute approximate surface area is 124 Å². The first kappa shape index (κ1) is 15.7. The normalized spacial score (nSPS) is 13.0. The summed E-state index contributed by atoms with van der Waals surface area (Å²) in [4.78, 5) is 1.04. The van der Waals surface area contributed by atoms with E-state index in [1.165, 1.54) is 18.2 Å². The molecule has 2 aromatic carbocycles. The van der Waals surface area contributed by atoms with E-state index < -0.39 is 12.5 Å². The Morgan fingerprint density at radius 3 is 2.29 bits per heavy atom. The lowest BCUT2D eigenvalue weighted by Crippen LogP contribution is -2.17. The second-order valence-electron chi connectivity index (χ2n) is 4.30. The largest absolute Gasteiger partial charge is 0.573 e. The maximum atomic E-state index is 12.2. The fourth-order valence-corrected chi connectivity index (χ4v) is 2.27. The number of ether oxygens (including phenoxy) is 1. The van der Waals surface area contributed by atoms with Gasteiger partial charge in [0.25, 0.3) is 0 Å². The maximum absolute atomic E-state index is 12.2. The van der Waals surface area contributed by atoms with E-state index in [0.29, 0.717) is 11.1 Å². The molecule has 2 aromatic rings. The van der Waals surface area contributed by atoms with E-state index in [0.717, 1.165) is 4.90 Å². The first-order chi connectivity index (χ1) is 9.89. The Morgan fingerprint density at radius 2 is 1.71 bits per heavy atom. The van der Waals surface area contributed by atoms with Crippen LogP contribution in [0.15, 0.2) is 53.4 Å². The summed E-state index contributed by atoms with van der Waals surface area (Å²) in [6, 6.07) is 12.5. The van der Waals surface area contributed by atoms with Crippen LogP contribution in [0.3, 0.4) is 0 Å². The molecular weight excluding hydrogens is 301 g/mol. The molecule has 0 saturated heterocycles. The predicted octanol–water partition coefficient (Wildman–Crippen LogP) is 4.39. The Hall–Kier alpha value is -1.66. The number of aliphatic hydroxyl groups is 1. The monoisotopic (exact) mass is 314 g/mol. The van der Waals surface area contributed by atoms with Crippen LogP contribution < -0.4 is 4.74 Å². The van der Waals surface area contributed by atoms with Gasteiger partial charge in [0.1, 0.15) is 11.9 Å². The molecule has 112 valence electrons. The van der Waals surface area contributed by atoms with Gasteiger partial charge in [-0.05, 0) is 41.6 Å². The first-order valence-electron chi connectivity index (χ1n) is 6.07. The van der Waals surface area contributed by atoms with Gasteiger partial charge in [-0.15, -0.1) is 24.9 Å². The molecular formula is C15H13F3O2S. The standard InChI is InChI=1S/C15H13F3O2S/c1-21-13-7-5-10(6-8-13)14(19)11-3-2-4-12(9-11)20-15(16,17)18/h2-9,14,19H,1H3. The summed E-state index contributed by atoms with van der Waals surface area (Å²) in [5, 5.41) is 10.2. The van der Waals surface area contributed by atoms with Gasteiger partial charge in [0.05, 0.1) is 0 Å². The Morgan fingerprint density at radius 1 is 1.05 bits per heavy atom. The first-order valence-corrected chi connectivity index (χ1v) is 7.29. The number of halogens is 3. The van der Waals surface area contributed by atoms with Crippen molar-refractivity contribution in [1.29, 1.82) is 0 Å². The summed E-state index contributed by atoms with van der Waals surface area (Å²) >= 11 is 1.57. The zero-order valence-corrected chi connectivity index (χ0v) is 11.9. The lowest BCUT2D eigenvalue weighted by atomic mass is 10.0. The fourth-order valence-electron chi connectivity index (χ4n) is 1.86. The van der Waals surface area contributed by atoms with Gasteiger partial charge in [-0.2, -0.15) is 0 Å².